The van der Waals surface area contributed by atoms with Crippen molar-refractivity contribution in [1.82, 2.24) is 0 Å². The fraction of sp³-hybridized carbons (Fsp3) is 0.250. The minimum Gasteiger partial charge on any atom is -0.0622 e. The van der Waals surface area contributed by atoms with E-state index in [9.17, 15) is 0 Å². The maximum Gasteiger partial charge on any atom is 0.0175 e. The van der Waals surface area contributed by atoms with Crippen molar-refractivity contribution in [3.05, 3.63) is 119 Å². The molecule has 3 aliphatic rings. The summed E-state index contributed by atoms with van der Waals surface area (Å²) in [4.78, 5) is 0. The van der Waals surface area contributed by atoms with Crippen molar-refractivity contribution >= 4 is 15.9 Å². The summed E-state index contributed by atoms with van der Waals surface area (Å²) >= 11 is 3.59. The summed E-state index contributed by atoms with van der Waals surface area (Å²) in [7, 11) is 0. The molecule has 3 aliphatic carbocycles. The lowest BCUT2D eigenvalue weighted by Gasteiger charge is -2.54. The molecule has 3 saturated carbocycles. The van der Waals surface area contributed by atoms with Crippen LogP contribution >= 0.6 is 15.9 Å². The van der Waals surface area contributed by atoms with Gasteiger partial charge in [0.1, 0.15) is 0 Å². The average Bonchev–Trinajstić information content (AvgIpc) is 2.91. The average molecular weight is 493 g/mol. The minimum atomic E-state index is 0.382. The number of hydrogen-bond donors (Lipinski definition) is 0. The summed E-state index contributed by atoms with van der Waals surface area (Å²) in [6, 6.07) is 38.2. The van der Waals surface area contributed by atoms with Crippen LogP contribution in [0.15, 0.2) is 108 Å². The number of halogens is 1. The highest BCUT2D eigenvalue weighted by molar-refractivity contribution is 9.10. The van der Waals surface area contributed by atoms with Gasteiger partial charge in [0.2, 0.25) is 0 Å². The van der Waals surface area contributed by atoms with Gasteiger partial charge in [0, 0.05) is 4.47 Å². The minimum absolute atomic E-state index is 0.382. The summed E-state index contributed by atoms with van der Waals surface area (Å²) in [5.74, 6) is 0. The van der Waals surface area contributed by atoms with E-state index in [4.69, 9.17) is 0 Å². The van der Waals surface area contributed by atoms with E-state index in [1.54, 1.807) is 11.1 Å². The highest BCUT2D eigenvalue weighted by atomic mass is 79.9. The summed E-state index contributed by atoms with van der Waals surface area (Å²) in [6.45, 7) is 0. The lowest BCUT2D eigenvalue weighted by Crippen LogP contribution is -2.46. The molecule has 4 aromatic carbocycles. The van der Waals surface area contributed by atoms with Crippen LogP contribution in [0.1, 0.15) is 49.7 Å². The Morgan fingerprint density at radius 3 is 1.15 bits per heavy atom. The zero-order valence-corrected chi connectivity index (χ0v) is 20.5. The molecule has 164 valence electrons. The van der Waals surface area contributed by atoms with Crippen molar-refractivity contribution in [1.29, 1.82) is 0 Å². The fourth-order valence-electron chi connectivity index (χ4n) is 6.36. The lowest BCUT2D eigenvalue weighted by atomic mass is 9.50. The first-order chi connectivity index (χ1) is 16.2. The Hall–Kier alpha value is -2.64. The largest absolute Gasteiger partial charge is 0.0622 e. The van der Waals surface area contributed by atoms with Crippen molar-refractivity contribution in [2.45, 2.75) is 49.4 Å². The van der Waals surface area contributed by atoms with E-state index >= 15 is 0 Å². The van der Waals surface area contributed by atoms with Crippen LogP contribution in [0.3, 0.4) is 0 Å². The molecule has 0 spiro atoms. The Kier molecular flexibility index (Phi) is 5.26. The predicted octanol–water partition coefficient (Wildman–Crippen LogP) is 9.33. The third-order valence-electron chi connectivity index (χ3n) is 8.53. The van der Waals surface area contributed by atoms with Gasteiger partial charge in [-0.25, -0.2) is 0 Å². The number of benzene rings is 4. The molecule has 0 atom stereocenters. The van der Waals surface area contributed by atoms with E-state index in [-0.39, 0.29) is 0 Å². The Balaban J connectivity index is 1.19. The zero-order valence-electron chi connectivity index (χ0n) is 18.9. The van der Waals surface area contributed by atoms with Crippen molar-refractivity contribution in [2.75, 3.05) is 0 Å². The van der Waals surface area contributed by atoms with Crippen LogP contribution in [0.25, 0.3) is 22.3 Å². The molecule has 2 bridgehead atoms. The van der Waals surface area contributed by atoms with Crippen LogP contribution in [0.4, 0.5) is 0 Å². The SMILES string of the molecule is Brc1ccc(C23CCC(c4ccc(-c5ccc(-c6ccccc6)cc5)cc4)(CC2)CC3)cc1. The van der Waals surface area contributed by atoms with Gasteiger partial charge in [-0.05, 0) is 94.9 Å². The van der Waals surface area contributed by atoms with E-state index in [0.717, 1.165) is 0 Å². The topological polar surface area (TPSA) is 0 Å². The molecule has 0 N–H and O–H groups in total. The Morgan fingerprint density at radius 2 is 0.727 bits per heavy atom. The smallest absolute Gasteiger partial charge is 0.0175 e. The molecular weight excluding hydrogens is 464 g/mol. The molecule has 0 nitrogen and oxygen atoms in total. The second kappa shape index (κ2) is 8.29. The third kappa shape index (κ3) is 3.77. The maximum absolute atomic E-state index is 3.59. The van der Waals surface area contributed by atoms with Crippen molar-refractivity contribution in [2.24, 2.45) is 0 Å². The first kappa shape index (κ1) is 20.9. The number of rotatable bonds is 4. The van der Waals surface area contributed by atoms with Crippen LogP contribution in [0, 0.1) is 0 Å². The zero-order chi connectivity index (χ0) is 22.3. The standard InChI is InChI=1S/C32H29Br/c33-30-16-14-29(15-17-30)32-21-18-31(19-22-32,20-23-32)28-12-10-27(11-13-28)26-8-6-25(7-9-26)24-4-2-1-3-5-24/h1-17H,18-23H2. The Bertz CT molecular complexity index is 1210. The molecule has 0 aromatic heterocycles. The van der Waals surface area contributed by atoms with Gasteiger partial charge in [-0.2, -0.15) is 0 Å². The van der Waals surface area contributed by atoms with Gasteiger partial charge >= 0.3 is 0 Å². The fourth-order valence-corrected chi connectivity index (χ4v) is 6.62. The lowest BCUT2D eigenvalue weighted by molar-refractivity contribution is 0.102. The van der Waals surface area contributed by atoms with Gasteiger partial charge < -0.3 is 0 Å². The number of hydrogen-bond acceptors (Lipinski definition) is 0. The molecular formula is C32H29Br. The molecule has 0 heterocycles. The molecule has 0 saturated heterocycles. The monoisotopic (exact) mass is 492 g/mol. The summed E-state index contributed by atoms with van der Waals surface area (Å²) in [5, 5.41) is 0. The molecule has 0 amide bonds. The predicted molar refractivity (Wildman–Crippen MR) is 143 cm³/mol. The maximum atomic E-state index is 3.59. The molecule has 1 heteroatoms. The van der Waals surface area contributed by atoms with Crippen LogP contribution in [0.5, 0.6) is 0 Å². The van der Waals surface area contributed by atoms with Crippen molar-refractivity contribution in [3.63, 3.8) is 0 Å². The quantitative estimate of drug-likeness (QED) is 0.266. The second-order valence-electron chi connectivity index (χ2n) is 10.1. The van der Waals surface area contributed by atoms with Gasteiger partial charge in [-0.1, -0.05) is 107 Å². The molecule has 7 rings (SSSR count). The molecule has 0 aliphatic heterocycles. The highest BCUT2D eigenvalue weighted by Gasteiger charge is 2.49. The van der Waals surface area contributed by atoms with Crippen LogP contribution in [0.2, 0.25) is 0 Å². The highest BCUT2D eigenvalue weighted by Crippen LogP contribution is 2.58. The first-order valence-electron chi connectivity index (χ1n) is 12.2. The molecule has 33 heavy (non-hydrogen) atoms. The van der Waals surface area contributed by atoms with E-state index in [0.29, 0.717) is 10.8 Å². The molecule has 4 aromatic rings. The third-order valence-corrected chi connectivity index (χ3v) is 9.05. The van der Waals surface area contributed by atoms with Gasteiger partial charge in [0.15, 0.2) is 0 Å². The van der Waals surface area contributed by atoms with Gasteiger partial charge in [0.25, 0.3) is 0 Å². The number of fused-ring (bicyclic) bond motifs is 3. The van der Waals surface area contributed by atoms with E-state index < -0.39 is 0 Å². The van der Waals surface area contributed by atoms with Crippen molar-refractivity contribution in [3.8, 4) is 22.3 Å². The normalized spacial score (nSPS) is 24.0. The van der Waals surface area contributed by atoms with Gasteiger partial charge in [-0.15, -0.1) is 0 Å². The van der Waals surface area contributed by atoms with Crippen LogP contribution in [-0.4, -0.2) is 0 Å². The van der Waals surface area contributed by atoms with Crippen LogP contribution in [-0.2, 0) is 10.8 Å². The van der Waals surface area contributed by atoms with E-state index in [1.165, 1.54) is 65.3 Å². The molecule has 3 fully saturated rings. The van der Waals surface area contributed by atoms with E-state index in [2.05, 4.69) is 119 Å². The second-order valence-corrected chi connectivity index (χ2v) is 11.0. The Labute approximate surface area is 205 Å². The Morgan fingerprint density at radius 1 is 0.394 bits per heavy atom. The summed E-state index contributed by atoms with van der Waals surface area (Å²) in [5.41, 5.74) is 9.03. The summed E-state index contributed by atoms with van der Waals surface area (Å²) in [6.07, 6.45) is 7.89. The summed E-state index contributed by atoms with van der Waals surface area (Å²) < 4.78 is 1.18. The molecule has 0 unspecified atom stereocenters. The van der Waals surface area contributed by atoms with Crippen molar-refractivity contribution < 1.29 is 0 Å². The van der Waals surface area contributed by atoms with Crippen LogP contribution < -0.4 is 0 Å². The van der Waals surface area contributed by atoms with E-state index in [1.807, 2.05) is 0 Å². The molecule has 0 radical (unpaired) electrons. The van der Waals surface area contributed by atoms with Gasteiger partial charge in [0.05, 0.1) is 0 Å². The van der Waals surface area contributed by atoms with Gasteiger partial charge in [-0.3, -0.25) is 0 Å². The first-order valence-corrected chi connectivity index (χ1v) is 13.0.